The Morgan fingerprint density at radius 3 is 3.20 bits per heavy atom. The number of rotatable bonds is 1. The maximum Gasteiger partial charge on any atom is 0.0944 e. The minimum atomic E-state index is -1.81. The van der Waals surface area contributed by atoms with Gasteiger partial charge in [-0.2, -0.15) is 0 Å². The van der Waals surface area contributed by atoms with E-state index in [2.05, 4.69) is 4.74 Å². The fraction of sp³-hybridized carbons (Fsp3) is 1.00. The van der Waals surface area contributed by atoms with E-state index in [4.69, 9.17) is 15.7 Å². The van der Waals surface area contributed by atoms with E-state index in [1.54, 1.807) is 0 Å². The third-order valence-electron chi connectivity index (χ3n) is 0.368. The Hall–Kier alpha value is 0.250. The molecule has 0 radical (unpaired) electrons. The highest BCUT2D eigenvalue weighted by Gasteiger charge is 2.19. The molecule has 30 valence electrons. The maximum atomic E-state index is 6.97. The van der Waals surface area contributed by atoms with E-state index in [9.17, 15) is 0 Å². The lowest BCUT2D eigenvalue weighted by molar-refractivity contribution is 0.425. The molecular weight excluding hydrogens is 87.5 g/mol. The van der Waals surface area contributed by atoms with Crippen LogP contribution in [-0.2, 0) is 4.74 Å². The van der Waals surface area contributed by atoms with Crippen LogP contribution in [-0.4, -0.2) is 18.5 Å². The predicted molar refractivity (Wildman–Crippen MR) is 20.5 cm³/mol. The lowest BCUT2D eigenvalue weighted by atomic mass is 10.6. The van der Waals surface area contributed by atoms with E-state index in [1.807, 2.05) is 0 Å². The lowest BCUT2D eigenvalue weighted by Crippen LogP contribution is -1.80. The van der Waals surface area contributed by atoms with Gasteiger partial charge in [-0.1, -0.05) is 0 Å². The van der Waals surface area contributed by atoms with Gasteiger partial charge in [0.25, 0.3) is 0 Å². The van der Waals surface area contributed by atoms with Crippen molar-refractivity contribution in [3.63, 3.8) is 0 Å². The van der Waals surface area contributed by atoms with Gasteiger partial charge in [-0.05, 0) is 0 Å². The first-order valence-electron chi connectivity index (χ1n) is 2.78. The number of halogens is 1. The van der Waals surface area contributed by atoms with E-state index < -0.39 is 12.6 Å². The molecule has 1 saturated heterocycles. The fourth-order valence-electron chi connectivity index (χ4n) is 0.0906. The van der Waals surface area contributed by atoms with Crippen LogP contribution in [0.15, 0.2) is 0 Å². The van der Waals surface area contributed by atoms with Gasteiger partial charge in [0.05, 0.1) is 22.6 Å². The molecule has 1 rings (SSSR count). The minimum absolute atomic E-state index is 0.111. The van der Waals surface area contributed by atoms with Crippen LogP contribution >= 0.6 is 11.6 Å². The van der Waals surface area contributed by atoms with Gasteiger partial charge in [0.2, 0.25) is 0 Å². The third-order valence-corrected chi connectivity index (χ3v) is 0.611. The molecule has 0 aliphatic carbocycles. The second-order valence-corrected chi connectivity index (χ2v) is 1.03. The van der Waals surface area contributed by atoms with Gasteiger partial charge in [-0.15, -0.1) is 11.6 Å². The average Bonchev–Trinajstić information content (AvgIpc) is 2.10. The minimum Gasteiger partial charge on any atom is -0.372 e. The number of ether oxygens (including phenoxy) is 1. The molecule has 2 heteroatoms. The van der Waals surface area contributed by atoms with Crippen LogP contribution < -0.4 is 0 Å². The van der Waals surface area contributed by atoms with Crippen molar-refractivity contribution in [2.45, 2.75) is 6.08 Å². The van der Waals surface area contributed by atoms with Crippen molar-refractivity contribution < 1.29 is 8.85 Å². The normalized spacial score (nSPS) is 67.8. The summed E-state index contributed by atoms with van der Waals surface area (Å²) < 4.78 is 24.8. The molecule has 0 N–H and O–H groups in total. The molecule has 1 atom stereocenters. The van der Waals surface area contributed by atoms with Crippen LogP contribution in [0.4, 0.5) is 0 Å². The Labute approximate surface area is 40.1 Å². The summed E-state index contributed by atoms with van der Waals surface area (Å²) in [5.74, 6) is -0.111. The van der Waals surface area contributed by atoms with Crippen LogP contribution in [0.5, 0.6) is 0 Å². The van der Waals surface area contributed by atoms with Gasteiger partial charge >= 0.3 is 0 Å². The summed E-state index contributed by atoms with van der Waals surface area (Å²) in [6.45, 7) is -1.81. The molecule has 0 aromatic rings. The smallest absolute Gasteiger partial charge is 0.0944 e. The van der Waals surface area contributed by atoms with Gasteiger partial charge in [-0.25, -0.2) is 0 Å². The Bertz CT molecular complexity index is 117. The van der Waals surface area contributed by atoms with Gasteiger partial charge in [-0.3, -0.25) is 0 Å². The van der Waals surface area contributed by atoms with Crippen LogP contribution in [0, 0.1) is 0 Å². The first-order valence-corrected chi connectivity index (χ1v) is 1.81. The number of alkyl halides is 1. The largest absolute Gasteiger partial charge is 0.372 e. The number of hydrogen-bond donors (Lipinski definition) is 0. The van der Waals surface area contributed by atoms with E-state index in [-0.39, 0.29) is 5.88 Å². The van der Waals surface area contributed by atoms with Crippen molar-refractivity contribution >= 4 is 11.6 Å². The second-order valence-electron chi connectivity index (χ2n) is 0.761. The summed E-state index contributed by atoms with van der Waals surface area (Å²) in [5, 5.41) is 0. The molecule has 0 aromatic carbocycles. The zero-order valence-electron chi connectivity index (χ0n) is 5.49. The molecule has 1 aliphatic heterocycles. The highest BCUT2D eigenvalue weighted by Crippen LogP contribution is 2.08. The van der Waals surface area contributed by atoms with Gasteiger partial charge in [0.1, 0.15) is 0 Å². The standard InChI is InChI=1S/C3H5ClO/c4-1-3-2-5-3/h3H,1-2H2/t3-/m1/s1/i2D2,3D. The molecule has 0 amide bonds. The Kier molecular flexibility index (Phi) is 0.320. The number of hydrogen-bond acceptors (Lipinski definition) is 1. The van der Waals surface area contributed by atoms with Crippen LogP contribution in [0.1, 0.15) is 4.11 Å². The Balaban J connectivity index is 2.55. The molecule has 0 saturated carbocycles. The monoisotopic (exact) mass is 95.0 g/mol. The second kappa shape index (κ2) is 1.15. The zero-order valence-corrected chi connectivity index (χ0v) is 3.25. The van der Waals surface area contributed by atoms with Gasteiger partial charge < -0.3 is 4.74 Å². The molecule has 0 aromatic heterocycles. The molecule has 0 spiro atoms. The third kappa shape index (κ3) is 0.781. The Morgan fingerprint density at radius 2 is 3.20 bits per heavy atom. The molecule has 0 bridgehead atoms. The SMILES string of the molecule is [2H]C1([2H])O[C@]1([2H])CCl. The first-order chi connectivity index (χ1) is 3.52. The predicted octanol–water partition coefficient (Wildman–Crippen LogP) is 0.624. The fourth-order valence-corrected chi connectivity index (χ4v) is 0.200. The van der Waals surface area contributed by atoms with Crippen molar-refractivity contribution in [2.24, 2.45) is 0 Å². The molecule has 5 heavy (non-hydrogen) atoms. The van der Waals surface area contributed by atoms with Gasteiger partial charge in [0, 0.05) is 0 Å². The average molecular weight is 95.5 g/mol. The maximum absolute atomic E-state index is 6.97. The summed E-state index contributed by atoms with van der Waals surface area (Å²) >= 11 is 5.17. The lowest BCUT2D eigenvalue weighted by Gasteiger charge is -1.67. The highest BCUT2D eigenvalue weighted by molar-refractivity contribution is 6.18. The zero-order chi connectivity index (χ0) is 6.41. The molecular formula is C3H5ClO. The van der Waals surface area contributed by atoms with E-state index in [0.717, 1.165) is 0 Å². The summed E-state index contributed by atoms with van der Waals surface area (Å²) in [7, 11) is 0. The number of epoxide rings is 1. The van der Waals surface area contributed by atoms with E-state index in [0.29, 0.717) is 0 Å². The molecule has 1 aliphatic rings. The van der Waals surface area contributed by atoms with E-state index >= 15 is 0 Å². The molecule has 1 fully saturated rings. The molecule has 1 nitrogen and oxygen atoms in total. The summed E-state index contributed by atoms with van der Waals surface area (Å²) in [6.07, 6.45) is -1.46. The highest BCUT2D eigenvalue weighted by atomic mass is 35.5. The van der Waals surface area contributed by atoms with Crippen LogP contribution in [0.3, 0.4) is 0 Å². The van der Waals surface area contributed by atoms with Gasteiger partial charge in [0.15, 0.2) is 0 Å². The van der Waals surface area contributed by atoms with Crippen LogP contribution in [0.25, 0.3) is 0 Å². The van der Waals surface area contributed by atoms with Crippen molar-refractivity contribution in [3.05, 3.63) is 0 Å². The quantitative estimate of drug-likeness (QED) is 0.344. The van der Waals surface area contributed by atoms with Crippen LogP contribution in [0.2, 0.25) is 0 Å². The van der Waals surface area contributed by atoms with Crippen molar-refractivity contribution in [2.75, 3.05) is 12.4 Å². The Morgan fingerprint density at radius 1 is 2.60 bits per heavy atom. The van der Waals surface area contributed by atoms with Crippen molar-refractivity contribution in [3.8, 4) is 0 Å². The van der Waals surface area contributed by atoms with E-state index in [1.165, 1.54) is 0 Å². The summed E-state index contributed by atoms with van der Waals surface area (Å²) in [4.78, 5) is 0. The first kappa shape index (κ1) is 1.39. The van der Waals surface area contributed by atoms with Crippen molar-refractivity contribution in [1.82, 2.24) is 0 Å². The summed E-state index contributed by atoms with van der Waals surface area (Å²) in [5.41, 5.74) is 0. The molecule has 0 unspecified atom stereocenters. The molecule has 1 heterocycles. The topological polar surface area (TPSA) is 12.5 Å². The summed E-state index contributed by atoms with van der Waals surface area (Å²) in [6, 6.07) is 0. The van der Waals surface area contributed by atoms with Crippen molar-refractivity contribution in [1.29, 1.82) is 0 Å².